The summed E-state index contributed by atoms with van der Waals surface area (Å²) in [5.74, 6) is -0.340. The molecule has 0 aliphatic heterocycles. The standard InChI is InChI=1S/C20H25ClO3Si/c1-20(2,3)25(17-10-6-4-7-11-17,18-12-8-5-9-13-18)24-15-14-19(22)23-16-21/h4-13H,14-16H2,1-3H3. The number of benzene rings is 2. The number of carbonyl (C=O) groups is 1. The molecule has 0 saturated carbocycles. The van der Waals surface area contributed by atoms with Gasteiger partial charge in [0.25, 0.3) is 8.32 Å². The zero-order valence-corrected chi connectivity index (χ0v) is 16.8. The Bertz CT molecular complexity index is 629. The number of hydrogen-bond acceptors (Lipinski definition) is 3. The maximum absolute atomic E-state index is 11.7. The molecule has 0 aliphatic rings. The molecule has 134 valence electrons. The largest absolute Gasteiger partial charge is 0.449 e. The minimum atomic E-state index is -2.58. The number of rotatable bonds is 7. The molecule has 5 heteroatoms. The Morgan fingerprint density at radius 2 is 1.44 bits per heavy atom. The van der Waals surface area contributed by atoms with Crippen LogP contribution in [0.1, 0.15) is 27.2 Å². The van der Waals surface area contributed by atoms with E-state index in [9.17, 15) is 4.79 Å². The summed E-state index contributed by atoms with van der Waals surface area (Å²) in [6, 6.07) is 20.5. The van der Waals surface area contributed by atoms with Gasteiger partial charge in [-0.3, -0.25) is 4.79 Å². The van der Waals surface area contributed by atoms with E-state index in [0.29, 0.717) is 6.61 Å². The fourth-order valence-corrected chi connectivity index (χ4v) is 7.87. The average Bonchev–Trinajstić information content (AvgIpc) is 2.59. The van der Waals surface area contributed by atoms with Crippen molar-refractivity contribution in [2.45, 2.75) is 32.2 Å². The Balaban J connectivity index is 2.44. The van der Waals surface area contributed by atoms with Gasteiger partial charge < -0.3 is 9.16 Å². The predicted molar refractivity (Wildman–Crippen MR) is 105 cm³/mol. The summed E-state index contributed by atoms with van der Waals surface area (Å²) in [5.41, 5.74) is 0. The average molecular weight is 377 g/mol. The highest BCUT2D eigenvalue weighted by molar-refractivity contribution is 6.99. The Labute approximate surface area is 156 Å². The first-order valence-corrected chi connectivity index (χ1v) is 10.8. The van der Waals surface area contributed by atoms with Crippen molar-refractivity contribution in [3.63, 3.8) is 0 Å². The Kier molecular flexibility index (Phi) is 6.82. The Hall–Kier alpha value is -1.62. The molecule has 0 amide bonds. The molecule has 0 unspecified atom stereocenters. The van der Waals surface area contributed by atoms with Crippen molar-refractivity contribution in [1.82, 2.24) is 0 Å². The monoisotopic (exact) mass is 376 g/mol. The van der Waals surface area contributed by atoms with Crippen LogP contribution in [-0.2, 0) is 14.0 Å². The molecule has 0 heterocycles. The predicted octanol–water partition coefficient (Wildman–Crippen LogP) is 3.69. The van der Waals surface area contributed by atoms with Crippen LogP contribution in [0.15, 0.2) is 60.7 Å². The Morgan fingerprint density at radius 1 is 0.960 bits per heavy atom. The summed E-state index contributed by atoms with van der Waals surface area (Å²) in [5, 5.41) is 2.28. The van der Waals surface area contributed by atoms with Gasteiger partial charge in [0.2, 0.25) is 0 Å². The summed E-state index contributed by atoms with van der Waals surface area (Å²) < 4.78 is 11.4. The van der Waals surface area contributed by atoms with E-state index >= 15 is 0 Å². The summed E-state index contributed by atoms with van der Waals surface area (Å²) in [6.07, 6.45) is 0.192. The van der Waals surface area contributed by atoms with E-state index in [0.717, 1.165) is 0 Å². The van der Waals surface area contributed by atoms with Gasteiger partial charge in [-0.25, -0.2) is 0 Å². The molecule has 0 spiro atoms. The van der Waals surface area contributed by atoms with Crippen molar-refractivity contribution in [3.8, 4) is 0 Å². The first-order chi connectivity index (χ1) is 11.9. The quantitative estimate of drug-likeness (QED) is 0.420. The van der Waals surface area contributed by atoms with Crippen molar-refractivity contribution >= 4 is 36.3 Å². The van der Waals surface area contributed by atoms with Crippen LogP contribution in [0.25, 0.3) is 0 Å². The number of halogens is 1. The van der Waals surface area contributed by atoms with E-state index < -0.39 is 8.32 Å². The summed E-state index contributed by atoms with van der Waals surface area (Å²) in [6.45, 7) is 6.92. The fourth-order valence-electron chi connectivity index (χ4n) is 3.18. The van der Waals surface area contributed by atoms with Crippen LogP contribution in [-0.4, -0.2) is 27.0 Å². The van der Waals surface area contributed by atoms with Crippen LogP contribution in [0, 0.1) is 0 Å². The third kappa shape index (κ3) is 4.51. The molecule has 0 aliphatic carbocycles. The maximum Gasteiger partial charge on any atom is 0.309 e. The zero-order chi connectivity index (χ0) is 18.3. The van der Waals surface area contributed by atoms with Crippen LogP contribution >= 0.6 is 11.6 Å². The van der Waals surface area contributed by atoms with Crippen molar-refractivity contribution in [2.24, 2.45) is 0 Å². The second-order valence-electron chi connectivity index (χ2n) is 6.89. The molecule has 0 bridgehead atoms. The number of carbonyl (C=O) groups excluding carboxylic acids is 1. The van der Waals surface area contributed by atoms with Gasteiger partial charge in [-0.1, -0.05) is 93.0 Å². The normalized spacial score (nSPS) is 12.0. The van der Waals surface area contributed by atoms with Gasteiger partial charge in [0.1, 0.15) is 0 Å². The number of hydrogen-bond donors (Lipinski definition) is 0. The Morgan fingerprint density at radius 3 is 1.84 bits per heavy atom. The molecule has 0 atom stereocenters. The third-order valence-corrected chi connectivity index (χ3v) is 9.41. The number of alkyl halides is 1. The van der Waals surface area contributed by atoms with Gasteiger partial charge in [0, 0.05) is 6.61 Å². The molecule has 2 aromatic rings. The molecule has 0 N–H and O–H groups in total. The van der Waals surface area contributed by atoms with Crippen LogP contribution in [0.5, 0.6) is 0 Å². The summed E-state index contributed by atoms with van der Waals surface area (Å²) in [4.78, 5) is 11.7. The van der Waals surface area contributed by atoms with Crippen molar-refractivity contribution in [3.05, 3.63) is 60.7 Å². The molecule has 3 nitrogen and oxygen atoms in total. The van der Waals surface area contributed by atoms with Crippen LogP contribution < -0.4 is 10.4 Å². The molecule has 0 radical (unpaired) electrons. The second-order valence-corrected chi connectivity index (χ2v) is 11.4. The van der Waals surface area contributed by atoms with Gasteiger partial charge in [0.05, 0.1) is 6.42 Å². The third-order valence-electron chi connectivity index (χ3n) is 4.26. The van der Waals surface area contributed by atoms with Gasteiger partial charge in [-0.05, 0) is 15.4 Å². The fraction of sp³-hybridized carbons (Fsp3) is 0.350. The van der Waals surface area contributed by atoms with E-state index in [1.165, 1.54) is 10.4 Å². The lowest BCUT2D eigenvalue weighted by Crippen LogP contribution is -2.66. The molecule has 0 saturated heterocycles. The van der Waals surface area contributed by atoms with Gasteiger partial charge in [-0.15, -0.1) is 0 Å². The van der Waals surface area contributed by atoms with Gasteiger partial charge >= 0.3 is 5.97 Å². The van der Waals surface area contributed by atoms with Crippen molar-refractivity contribution < 1.29 is 14.0 Å². The minimum absolute atomic E-state index is 0.105. The number of ether oxygens (including phenoxy) is 1. The van der Waals surface area contributed by atoms with Crippen molar-refractivity contribution in [1.29, 1.82) is 0 Å². The first kappa shape index (κ1) is 19.7. The second kappa shape index (κ2) is 8.65. The van der Waals surface area contributed by atoms with E-state index in [1.54, 1.807) is 0 Å². The van der Waals surface area contributed by atoms with E-state index in [4.69, 9.17) is 20.8 Å². The molecule has 0 aromatic heterocycles. The van der Waals surface area contributed by atoms with Gasteiger partial charge in [-0.2, -0.15) is 0 Å². The lowest BCUT2D eigenvalue weighted by Gasteiger charge is -2.43. The molecule has 25 heavy (non-hydrogen) atoms. The highest BCUT2D eigenvalue weighted by atomic mass is 35.5. The van der Waals surface area contributed by atoms with Crippen molar-refractivity contribution in [2.75, 3.05) is 12.7 Å². The SMILES string of the molecule is CC(C)(C)[Si](OCCC(=O)OCCl)(c1ccccc1)c1ccccc1. The van der Waals surface area contributed by atoms with Gasteiger partial charge in [0.15, 0.2) is 6.07 Å². The molecule has 0 fully saturated rings. The van der Waals surface area contributed by atoms with Crippen LogP contribution in [0.2, 0.25) is 5.04 Å². The first-order valence-electron chi connectivity index (χ1n) is 8.38. The maximum atomic E-state index is 11.7. The van der Waals surface area contributed by atoms with E-state index in [1.807, 2.05) is 36.4 Å². The molecule has 2 rings (SSSR count). The molecule has 2 aromatic carbocycles. The van der Waals surface area contributed by atoms with E-state index in [-0.39, 0.29) is 23.5 Å². The highest BCUT2D eigenvalue weighted by Gasteiger charge is 2.50. The molecular weight excluding hydrogens is 352 g/mol. The smallest absolute Gasteiger partial charge is 0.309 e. The minimum Gasteiger partial charge on any atom is -0.449 e. The zero-order valence-electron chi connectivity index (χ0n) is 15.0. The molecular formula is C20H25ClO3Si. The lowest BCUT2D eigenvalue weighted by molar-refractivity contribution is -0.142. The number of esters is 1. The van der Waals surface area contributed by atoms with E-state index in [2.05, 4.69) is 45.0 Å². The summed E-state index contributed by atoms with van der Waals surface area (Å²) >= 11 is 5.45. The highest BCUT2D eigenvalue weighted by Crippen LogP contribution is 2.36. The topological polar surface area (TPSA) is 35.5 Å². The lowest BCUT2D eigenvalue weighted by atomic mass is 10.2. The summed E-state index contributed by atoms with van der Waals surface area (Å²) in [7, 11) is -2.58. The van der Waals surface area contributed by atoms with Crippen LogP contribution in [0.4, 0.5) is 0 Å². The van der Waals surface area contributed by atoms with Crippen LogP contribution in [0.3, 0.4) is 0 Å².